The predicted molar refractivity (Wildman–Crippen MR) is 99.9 cm³/mol. The van der Waals surface area contributed by atoms with Gasteiger partial charge >= 0.3 is 10.3 Å². The number of rotatable bonds is 3. The molecule has 1 aliphatic carbocycles. The van der Waals surface area contributed by atoms with Crippen molar-refractivity contribution in [3.63, 3.8) is 0 Å². The van der Waals surface area contributed by atoms with Gasteiger partial charge in [0, 0.05) is 9.58 Å². The third-order valence-electron chi connectivity index (χ3n) is 4.73. The van der Waals surface area contributed by atoms with E-state index in [1.165, 1.54) is 62.7 Å². The molecule has 1 aliphatic rings. The summed E-state index contributed by atoms with van der Waals surface area (Å²) in [5.74, 6) is 0.910. The van der Waals surface area contributed by atoms with Crippen LogP contribution in [0, 0.1) is 0 Å². The third-order valence-corrected chi connectivity index (χ3v) is 6.42. The smallest absolute Gasteiger partial charge is 0.371 e. The van der Waals surface area contributed by atoms with Crippen molar-refractivity contribution in [3.05, 3.63) is 29.1 Å². The van der Waals surface area contributed by atoms with Crippen molar-refractivity contribution in [2.45, 2.75) is 63.7 Å². The lowest BCUT2D eigenvalue weighted by molar-refractivity contribution is 0.466. The minimum atomic E-state index is -3.97. The molecular weight excluding hydrogens is 342 g/mol. The van der Waals surface area contributed by atoms with Gasteiger partial charge in [0.05, 0.1) is 0 Å². The monoisotopic (exact) mass is 367 g/mol. The molecule has 2 N–H and O–H groups in total. The summed E-state index contributed by atoms with van der Waals surface area (Å²) in [6.45, 7) is 0. The first-order valence-corrected chi connectivity index (χ1v) is 11.1. The molecule has 0 aliphatic heterocycles. The quantitative estimate of drug-likeness (QED) is 0.821. The van der Waals surface area contributed by atoms with E-state index in [1.54, 1.807) is 23.5 Å². The minimum Gasteiger partial charge on any atom is -0.371 e. The summed E-state index contributed by atoms with van der Waals surface area (Å²) < 4.78 is 28.0. The molecule has 4 nitrogen and oxygen atoms in total. The van der Waals surface area contributed by atoms with Crippen LogP contribution in [0.4, 0.5) is 0 Å². The second-order valence-corrected chi connectivity index (χ2v) is 8.94. The highest BCUT2D eigenvalue weighted by atomic mass is 32.2. The van der Waals surface area contributed by atoms with Gasteiger partial charge in [0.2, 0.25) is 0 Å². The Kier molecular flexibility index (Phi) is 5.79. The summed E-state index contributed by atoms with van der Waals surface area (Å²) in [5, 5.41) is 6.09. The van der Waals surface area contributed by atoms with Crippen LogP contribution in [0.15, 0.2) is 24.3 Å². The van der Waals surface area contributed by atoms with Crippen molar-refractivity contribution in [3.8, 4) is 5.75 Å². The molecule has 0 unspecified atom stereocenters. The minimum absolute atomic E-state index is 0.282. The Morgan fingerprint density at radius 1 is 0.958 bits per heavy atom. The van der Waals surface area contributed by atoms with Gasteiger partial charge in [-0.05, 0) is 48.4 Å². The van der Waals surface area contributed by atoms with E-state index in [0.717, 1.165) is 10.1 Å². The molecular formula is C18H25NO3S2. The summed E-state index contributed by atoms with van der Waals surface area (Å²) in [4.78, 5) is 1.42. The summed E-state index contributed by atoms with van der Waals surface area (Å²) in [6, 6.07) is 7.61. The highest BCUT2D eigenvalue weighted by molar-refractivity contribution is 7.84. The fourth-order valence-corrected chi connectivity index (χ4v) is 5.15. The predicted octanol–water partition coefficient (Wildman–Crippen LogP) is 5.09. The van der Waals surface area contributed by atoms with Gasteiger partial charge < -0.3 is 4.18 Å². The Balaban J connectivity index is 1.80. The van der Waals surface area contributed by atoms with Crippen LogP contribution >= 0.6 is 11.3 Å². The van der Waals surface area contributed by atoms with E-state index in [9.17, 15) is 8.42 Å². The van der Waals surface area contributed by atoms with Crippen LogP contribution in [-0.4, -0.2) is 8.42 Å². The van der Waals surface area contributed by atoms with Crippen molar-refractivity contribution in [1.29, 1.82) is 0 Å². The highest BCUT2D eigenvalue weighted by Gasteiger charge is 2.16. The molecule has 0 radical (unpaired) electrons. The fourth-order valence-electron chi connectivity index (χ4n) is 3.51. The second-order valence-electron chi connectivity index (χ2n) is 6.67. The normalized spacial score (nSPS) is 18.5. The lowest BCUT2D eigenvalue weighted by Gasteiger charge is -2.17. The van der Waals surface area contributed by atoms with Gasteiger partial charge in [-0.3, -0.25) is 0 Å². The van der Waals surface area contributed by atoms with Crippen LogP contribution in [0.25, 0.3) is 10.1 Å². The van der Waals surface area contributed by atoms with Crippen LogP contribution in [-0.2, 0) is 10.3 Å². The Morgan fingerprint density at radius 3 is 2.21 bits per heavy atom. The number of nitrogens with two attached hydrogens (primary N) is 1. The van der Waals surface area contributed by atoms with Gasteiger partial charge in [-0.1, -0.05) is 44.9 Å². The standard InChI is InChI=1S/C18H25NO3S2/c19-24(20,21)22-16-11-10-15-12-17(23-18(15)13-16)14-8-6-4-2-1-3-5-7-9-14/h10-14H,1-9H2,(H2,19,20,21). The Labute approximate surface area is 148 Å². The van der Waals surface area contributed by atoms with Crippen molar-refractivity contribution in [2.75, 3.05) is 0 Å². The Bertz CT molecular complexity index is 773. The molecule has 0 spiro atoms. The molecule has 1 fully saturated rings. The summed E-state index contributed by atoms with van der Waals surface area (Å²) >= 11 is 1.76. The first-order chi connectivity index (χ1) is 11.5. The third kappa shape index (κ3) is 4.94. The number of benzene rings is 1. The number of thiophene rings is 1. The van der Waals surface area contributed by atoms with E-state index in [1.807, 2.05) is 6.07 Å². The molecule has 0 saturated heterocycles. The first-order valence-electron chi connectivity index (χ1n) is 8.77. The van der Waals surface area contributed by atoms with Crippen LogP contribution in [0.3, 0.4) is 0 Å². The van der Waals surface area contributed by atoms with Crippen molar-refractivity contribution >= 4 is 31.7 Å². The molecule has 1 saturated carbocycles. The summed E-state index contributed by atoms with van der Waals surface area (Å²) in [5.41, 5.74) is 0. The SMILES string of the molecule is NS(=O)(=O)Oc1ccc2cc(C3CCCCCCCCC3)sc2c1. The highest BCUT2D eigenvalue weighted by Crippen LogP contribution is 2.38. The molecule has 132 valence electrons. The van der Waals surface area contributed by atoms with E-state index in [0.29, 0.717) is 5.92 Å². The van der Waals surface area contributed by atoms with Gasteiger partial charge in [-0.15, -0.1) is 11.3 Å². The molecule has 24 heavy (non-hydrogen) atoms. The molecule has 6 heteroatoms. The molecule has 0 amide bonds. The maximum atomic E-state index is 11.1. The second kappa shape index (κ2) is 7.85. The zero-order chi connectivity index (χ0) is 17.0. The Morgan fingerprint density at radius 2 is 1.58 bits per heavy atom. The fraction of sp³-hybridized carbons (Fsp3) is 0.556. The maximum absolute atomic E-state index is 11.1. The molecule has 0 bridgehead atoms. The van der Waals surface area contributed by atoms with E-state index in [2.05, 4.69) is 6.07 Å². The van der Waals surface area contributed by atoms with Gasteiger partial charge in [-0.25, -0.2) is 0 Å². The van der Waals surface area contributed by atoms with Gasteiger partial charge in [0.1, 0.15) is 5.75 Å². The van der Waals surface area contributed by atoms with Crippen molar-refractivity contribution < 1.29 is 12.6 Å². The average molecular weight is 368 g/mol. The maximum Gasteiger partial charge on any atom is 0.380 e. The molecule has 0 atom stereocenters. The van der Waals surface area contributed by atoms with Gasteiger partial charge in [0.25, 0.3) is 0 Å². The first kappa shape index (κ1) is 17.7. The number of hydrogen-bond acceptors (Lipinski definition) is 4. The van der Waals surface area contributed by atoms with Crippen molar-refractivity contribution in [1.82, 2.24) is 0 Å². The van der Waals surface area contributed by atoms with Crippen molar-refractivity contribution in [2.24, 2.45) is 5.14 Å². The van der Waals surface area contributed by atoms with Crippen LogP contribution in [0.5, 0.6) is 5.75 Å². The molecule has 1 aromatic heterocycles. The largest absolute Gasteiger partial charge is 0.380 e. The van der Waals surface area contributed by atoms with E-state index in [4.69, 9.17) is 9.32 Å². The molecule has 1 heterocycles. The number of fused-ring (bicyclic) bond motifs is 1. The molecule has 3 rings (SSSR count). The summed E-state index contributed by atoms with van der Waals surface area (Å²) in [6.07, 6.45) is 11.9. The van der Waals surface area contributed by atoms with E-state index in [-0.39, 0.29) is 5.75 Å². The summed E-state index contributed by atoms with van der Waals surface area (Å²) in [7, 11) is -3.97. The van der Waals surface area contributed by atoms with Gasteiger partial charge in [-0.2, -0.15) is 13.6 Å². The Hall–Kier alpha value is -1.11. The number of hydrogen-bond donors (Lipinski definition) is 1. The van der Waals surface area contributed by atoms with Crippen LogP contribution < -0.4 is 9.32 Å². The molecule has 2 aromatic rings. The van der Waals surface area contributed by atoms with E-state index >= 15 is 0 Å². The zero-order valence-electron chi connectivity index (χ0n) is 13.9. The lowest BCUT2D eigenvalue weighted by Crippen LogP contribution is -2.18. The van der Waals surface area contributed by atoms with Gasteiger partial charge in [0.15, 0.2) is 0 Å². The topological polar surface area (TPSA) is 69.4 Å². The lowest BCUT2D eigenvalue weighted by atomic mass is 9.91. The zero-order valence-corrected chi connectivity index (χ0v) is 15.5. The molecule has 1 aromatic carbocycles. The van der Waals surface area contributed by atoms with Crippen LogP contribution in [0.1, 0.15) is 68.6 Å². The van der Waals surface area contributed by atoms with E-state index < -0.39 is 10.3 Å². The van der Waals surface area contributed by atoms with Crippen LogP contribution in [0.2, 0.25) is 0 Å². The average Bonchev–Trinajstić information content (AvgIpc) is 2.94.